The first-order valence-electron chi connectivity index (χ1n) is 11.5. The van der Waals surface area contributed by atoms with Gasteiger partial charge in [-0.25, -0.2) is 4.79 Å². The lowest BCUT2D eigenvalue weighted by Crippen LogP contribution is -2.54. The van der Waals surface area contributed by atoms with E-state index in [1.165, 1.54) is 0 Å². The highest BCUT2D eigenvalue weighted by molar-refractivity contribution is 6.74. The summed E-state index contributed by atoms with van der Waals surface area (Å²) in [5, 5.41) is 19.1. The van der Waals surface area contributed by atoms with Gasteiger partial charge in [0.05, 0.1) is 19.3 Å². The van der Waals surface area contributed by atoms with E-state index >= 15 is 0 Å². The fourth-order valence-corrected chi connectivity index (χ4v) is 4.75. The Hall–Kier alpha value is -2.41. The third kappa shape index (κ3) is 7.29. The van der Waals surface area contributed by atoms with Crippen LogP contribution in [0.4, 0.5) is 0 Å². The second kappa shape index (κ2) is 11.6. The summed E-state index contributed by atoms with van der Waals surface area (Å²) in [6, 6.07) is 9.88. The molecule has 1 aromatic carbocycles. The average Bonchev–Trinajstić information content (AvgIpc) is 2.74. The maximum absolute atomic E-state index is 12.7. The van der Waals surface area contributed by atoms with Gasteiger partial charge in [-0.15, -0.1) is 0 Å². The van der Waals surface area contributed by atoms with E-state index in [1.54, 1.807) is 6.92 Å². The number of aliphatic hydroxyl groups excluding tert-OH is 1. The summed E-state index contributed by atoms with van der Waals surface area (Å²) in [4.78, 5) is 15.6. The van der Waals surface area contributed by atoms with E-state index in [0.29, 0.717) is 13.0 Å². The molecule has 9 heteroatoms. The van der Waals surface area contributed by atoms with Crippen molar-refractivity contribution >= 4 is 14.3 Å². The lowest BCUT2D eigenvalue weighted by molar-refractivity contribution is -0.164. The highest BCUT2D eigenvalue weighted by Crippen LogP contribution is 2.40. The molecule has 0 heterocycles. The molecule has 0 spiro atoms. The van der Waals surface area contributed by atoms with Crippen molar-refractivity contribution in [2.45, 2.75) is 90.0 Å². The SMILES string of the molecule is CCO/C(O)=C(\[N+]#N)C(=O)O[C@@H]1CCC[C@@H](OCc2ccccc2)[C@@H]1O[Si](C)(C)C(C)(C)C. The van der Waals surface area contributed by atoms with E-state index in [1.807, 2.05) is 30.3 Å². The number of rotatable bonds is 9. The first kappa shape index (κ1) is 26.8. The van der Waals surface area contributed by atoms with Gasteiger partial charge < -0.3 is 23.7 Å². The van der Waals surface area contributed by atoms with Gasteiger partial charge in [0.2, 0.25) is 5.39 Å². The molecular formula is C24H37N2O6Si+. The van der Waals surface area contributed by atoms with Gasteiger partial charge in [-0.1, -0.05) is 51.1 Å². The molecule has 1 fully saturated rings. The Bertz CT molecular complexity index is 860. The van der Waals surface area contributed by atoms with E-state index in [-0.39, 0.29) is 17.7 Å². The Morgan fingerprint density at radius 3 is 2.39 bits per heavy atom. The lowest BCUT2D eigenvalue weighted by Gasteiger charge is -2.45. The van der Waals surface area contributed by atoms with Crippen molar-refractivity contribution in [1.82, 2.24) is 0 Å². The van der Waals surface area contributed by atoms with E-state index < -0.39 is 38.1 Å². The van der Waals surface area contributed by atoms with Crippen molar-refractivity contribution in [3.05, 3.63) is 52.5 Å². The monoisotopic (exact) mass is 477 g/mol. The number of diazo groups is 1. The maximum atomic E-state index is 12.7. The van der Waals surface area contributed by atoms with Gasteiger partial charge in [-0.3, -0.25) is 0 Å². The van der Waals surface area contributed by atoms with Gasteiger partial charge in [0, 0.05) is 0 Å². The highest BCUT2D eigenvalue weighted by atomic mass is 28.4. The van der Waals surface area contributed by atoms with Gasteiger partial charge in [-0.05, 0) is 49.9 Å². The number of aliphatic hydroxyl groups is 1. The number of nitrogens with zero attached hydrogens (tertiary/aromatic N) is 2. The van der Waals surface area contributed by atoms with Crippen molar-refractivity contribution in [3.8, 4) is 0 Å². The molecule has 0 bridgehead atoms. The number of benzene rings is 1. The molecule has 0 radical (unpaired) electrons. The molecule has 3 atom stereocenters. The summed E-state index contributed by atoms with van der Waals surface area (Å²) in [7, 11) is -2.24. The van der Waals surface area contributed by atoms with Crippen molar-refractivity contribution in [1.29, 1.82) is 5.39 Å². The minimum atomic E-state index is -2.24. The minimum absolute atomic E-state index is 0.0539. The van der Waals surface area contributed by atoms with Crippen LogP contribution in [-0.4, -0.2) is 44.3 Å². The van der Waals surface area contributed by atoms with Crippen LogP contribution in [0.5, 0.6) is 0 Å². The number of esters is 1. The van der Waals surface area contributed by atoms with Crippen LogP contribution in [0.3, 0.4) is 0 Å². The minimum Gasteiger partial charge on any atom is -0.475 e. The van der Waals surface area contributed by atoms with Crippen molar-refractivity contribution in [3.63, 3.8) is 0 Å². The molecule has 33 heavy (non-hydrogen) atoms. The van der Waals surface area contributed by atoms with Gasteiger partial charge in [0.25, 0.3) is 0 Å². The molecule has 1 aliphatic carbocycles. The first-order valence-corrected chi connectivity index (χ1v) is 14.4. The van der Waals surface area contributed by atoms with Crippen molar-refractivity contribution < 1.29 is 28.5 Å². The molecule has 0 unspecified atom stereocenters. The van der Waals surface area contributed by atoms with E-state index in [9.17, 15) is 15.3 Å². The van der Waals surface area contributed by atoms with Crippen molar-refractivity contribution in [2.24, 2.45) is 0 Å². The van der Waals surface area contributed by atoms with Gasteiger partial charge >= 0.3 is 17.6 Å². The van der Waals surface area contributed by atoms with E-state index in [2.05, 4.69) is 38.8 Å². The van der Waals surface area contributed by atoms with Crippen LogP contribution in [0.25, 0.3) is 4.98 Å². The summed E-state index contributed by atoms with van der Waals surface area (Å²) in [6.07, 6.45) is 0.752. The summed E-state index contributed by atoms with van der Waals surface area (Å²) >= 11 is 0. The number of ether oxygens (including phenoxy) is 3. The maximum Gasteiger partial charge on any atom is 0.547 e. The smallest absolute Gasteiger partial charge is 0.475 e. The van der Waals surface area contributed by atoms with Crippen LogP contribution in [0.1, 0.15) is 52.5 Å². The summed E-state index contributed by atoms with van der Waals surface area (Å²) in [6.45, 7) is 12.9. The van der Waals surface area contributed by atoms with Crippen LogP contribution >= 0.6 is 0 Å². The molecule has 0 amide bonds. The third-order valence-electron chi connectivity index (χ3n) is 6.29. The molecule has 8 nitrogen and oxygen atoms in total. The standard InChI is InChI=1S/C24H36N2O6Si/c1-7-29-22(27)20(26-25)23(28)31-19-15-11-14-18(30-16-17-12-9-8-10-13-17)21(19)32-33(5,6)24(2,3)4/h8-10,12-13,18-19,21H,7,11,14-16H2,1-6H3/p+1/t18-,19-,21+/m1/s1. The number of hydrogen-bond donors (Lipinski definition) is 1. The van der Waals surface area contributed by atoms with E-state index in [0.717, 1.165) is 18.4 Å². The predicted molar refractivity (Wildman–Crippen MR) is 127 cm³/mol. The molecule has 1 saturated carbocycles. The lowest BCUT2D eigenvalue weighted by atomic mass is 9.91. The molecule has 1 N–H and O–H groups in total. The molecule has 1 aromatic rings. The van der Waals surface area contributed by atoms with Gasteiger partial charge in [0.1, 0.15) is 12.2 Å². The third-order valence-corrected chi connectivity index (χ3v) is 10.8. The van der Waals surface area contributed by atoms with Gasteiger partial charge in [0.15, 0.2) is 13.3 Å². The zero-order valence-corrected chi connectivity index (χ0v) is 21.5. The number of hydrogen-bond acceptors (Lipinski definition) is 7. The van der Waals surface area contributed by atoms with Crippen LogP contribution in [0.2, 0.25) is 18.1 Å². The van der Waals surface area contributed by atoms with Crippen LogP contribution < -0.4 is 0 Å². The quantitative estimate of drug-likeness (QED) is 0.161. The zero-order chi connectivity index (χ0) is 24.6. The van der Waals surface area contributed by atoms with Gasteiger partial charge in [-0.2, -0.15) is 0 Å². The molecule has 0 aromatic heterocycles. The first-order chi connectivity index (χ1) is 15.5. The average molecular weight is 478 g/mol. The molecule has 2 rings (SSSR count). The Kier molecular flexibility index (Phi) is 9.46. The number of carbonyl (C=O) groups is 1. The molecule has 182 valence electrons. The fourth-order valence-electron chi connectivity index (χ4n) is 3.41. The Morgan fingerprint density at radius 2 is 1.82 bits per heavy atom. The number of carbonyl (C=O) groups excluding carboxylic acids is 1. The Labute approximate surface area is 197 Å². The van der Waals surface area contributed by atoms with Crippen LogP contribution in [0, 0.1) is 5.39 Å². The summed E-state index contributed by atoms with van der Waals surface area (Å²) < 4.78 is 23.6. The largest absolute Gasteiger partial charge is 0.547 e. The fraction of sp³-hybridized carbons (Fsp3) is 0.625. The zero-order valence-electron chi connectivity index (χ0n) is 20.5. The van der Waals surface area contributed by atoms with Crippen LogP contribution in [0.15, 0.2) is 42.0 Å². The van der Waals surface area contributed by atoms with E-state index in [4.69, 9.17) is 18.6 Å². The predicted octanol–water partition coefficient (Wildman–Crippen LogP) is 5.67. The topological polar surface area (TPSA) is 102 Å². The Morgan fingerprint density at radius 1 is 1.18 bits per heavy atom. The second-order valence-electron chi connectivity index (χ2n) is 9.74. The molecule has 0 aliphatic heterocycles. The molecule has 0 saturated heterocycles. The Balaban J connectivity index is 2.27. The second-order valence-corrected chi connectivity index (χ2v) is 14.5. The summed E-state index contributed by atoms with van der Waals surface area (Å²) in [5.74, 6) is -1.75. The molecule has 1 aliphatic rings. The van der Waals surface area contributed by atoms with Crippen molar-refractivity contribution in [2.75, 3.05) is 6.61 Å². The van der Waals surface area contributed by atoms with Crippen LogP contribution in [-0.2, 0) is 30.0 Å². The summed E-state index contributed by atoms with van der Waals surface area (Å²) in [5.41, 5.74) is 0.379. The highest BCUT2D eigenvalue weighted by Gasteiger charge is 2.47. The normalized spacial score (nSPS) is 22.2. The molecular weight excluding hydrogens is 440 g/mol.